The van der Waals surface area contributed by atoms with Gasteiger partial charge in [0, 0.05) is 18.1 Å². The second-order valence-corrected chi connectivity index (χ2v) is 5.09. The summed E-state index contributed by atoms with van der Waals surface area (Å²) < 4.78 is 0. The fourth-order valence-electron chi connectivity index (χ4n) is 2.71. The lowest BCUT2D eigenvalue weighted by atomic mass is 10.0. The summed E-state index contributed by atoms with van der Waals surface area (Å²) in [6.07, 6.45) is 7.04. The van der Waals surface area contributed by atoms with E-state index < -0.39 is 0 Å². The zero-order valence-electron chi connectivity index (χ0n) is 10.1. The fourth-order valence-corrected chi connectivity index (χ4v) is 2.71. The predicted octanol–water partition coefficient (Wildman–Crippen LogP) is 1.37. The highest BCUT2D eigenvalue weighted by Crippen LogP contribution is 2.17. The van der Waals surface area contributed by atoms with E-state index in [-0.39, 0.29) is 12.1 Å². The molecule has 2 amide bonds. The lowest BCUT2D eigenvalue weighted by Crippen LogP contribution is -2.55. The van der Waals surface area contributed by atoms with Crippen molar-refractivity contribution in [2.24, 2.45) is 0 Å². The summed E-state index contributed by atoms with van der Waals surface area (Å²) in [7, 11) is 0. The Morgan fingerprint density at radius 1 is 1.12 bits per heavy atom. The standard InChI is InChI=1S/C12H23N3O/c1-9-11(7-4-8-13-9)15-12(16)14-10-5-2-3-6-10/h9-11,13H,2-8H2,1H3,(H2,14,15,16). The minimum Gasteiger partial charge on any atom is -0.335 e. The van der Waals surface area contributed by atoms with Gasteiger partial charge in [-0.05, 0) is 39.2 Å². The van der Waals surface area contributed by atoms with Crippen molar-refractivity contribution < 1.29 is 4.79 Å². The van der Waals surface area contributed by atoms with E-state index in [1.54, 1.807) is 0 Å². The summed E-state index contributed by atoms with van der Waals surface area (Å²) in [4.78, 5) is 11.8. The van der Waals surface area contributed by atoms with E-state index in [0.29, 0.717) is 12.1 Å². The molecule has 4 heteroatoms. The van der Waals surface area contributed by atoms with E-state index in [0.717, 1.165) is 32.2 Å². The molecule has 2 fully saturated rings. The molecule has 0 aromatic carbocycles. The number of piperidine rings is 1. The lowest BCUT2D eigenvalue weighted by Gasteiger charge is -2.31. The van der Waals surface area contributed by atoms with Gasteiger partial charge >= 0.3 is 6.03 Å². The first-order chi connectivity index (χ1) is 7.75. The van der Waals surface area contributed by atoms with Crippen LogP contribution in [-0.4, -0.2) is 30.7 Å². The molecule has 2 rings (SSSR count). The molecule has 2 aliphatic rings. The molecule has 1 aliphatic carbocycles. The minimum absolute atomic E-state index is 0.0208. The van der Waals surface area contributed by atoms with Crippen molar-refractivity contribution in [3.05, 3.63) is 0 Å². The Morgan fingerprint density at radius 2 is 1.88 bits per heavy atom. The first-order valence-electron chi connectivity index (χ1n) is 6.56. The second-order valence-electron chi connectivity index (χ2n) is 5.09. The number of urea groups is 1. The quantitative estimate of drug-likeness (QED) is 0.665. The van der Waals surface area contributed by atoms with Gasteiger partial charge in [0.15, 0.2) is 0 Å². The van der Waals surface area contributed by atoms with Crippen molar-refractivity contribution in [3.8, 4) is 0 Å². The number of hydrogen-bond donors (Lipinski definition) is 3. The lowest BCUT2D eigenvalue weighted by molar-refractivity contribution is 0.224. The van der Waals surface area contributed by atoms with E-state index in [9.17, 15) is 4.79 Å². The zero-order chi connectivity index (χ0) is 11.4. The maximum atomic E-state index is 11.8. The van der Waals surface area contributed by atoms with Crippen LogP contribution in [0.15, 0.2) is 0 Å². The van der Waals surface area contributed by atoms with Gasteiger partial charge in [-0.2, -0.15) is 0 Å². The summed E-state index contributed by atoms with van der Waals surface area (Å²) in [6.45, 7) is 3.21. The van der Waals surface area contributed by atoms with Crippen molar-refractivity contribution in [2.75, 3.05) is 6.54 Å². The molecule has 3 N–H and O–H groups in total. The maximum Gasteiger partial charge on any atom is 0.315 e. The number of carbonyl (C=O) groups excluding carboxylic acids is 1. The highest BCUT2D eigenvalue weighted by Gasteiger charge is 2.24. The molecule has 2 atom stereocenters. The van der Waals surface area contributed by atoms with Gasteiger partial charge in [0.2, 0.25) is 0 Å². The van der Waals surface area contributed by atoms with E-state index in [1.165, 1.54) is 12.8 Å². The molecule has 1 saturated heterocycles. The molecule has 92 valence electrons. The van der Waals surface area contributed by atoms with Gasteiger partial charge in [0.25, 0.3) is 0 Å². The molecular formula is C12H23N3O. The molecular weight excluding hydrogens is 202 g/mol. The number of hydrogen-bond acceptors (Lipinski definition) is 2. The Balaban J connectivity index is 1.72. The highest BCUT2D eigenvalue weighted by molar-refractivity contribution is 5.74. The van der Waals surface area contributed by atoms with Crippen LogP contribution in [0.25, 0.3) is 0 Å². The average Bonchev–Trinajstić information content (AvgIpc) is 2.74. The number of nitrogens with one attached hydrogen (secondary N) is 3. The van der Waals surface area contributed by atoms with Gasteiger partial charge in [0.1, 0.15) is 0 Å². The fraction of sp³-hybridized carbons (Fsp3) is 0.917. The Labute approximate surface area is 97.6 Å². The van der Waals surface area contributed by atoms with E-state index >= 15 is 0 Å². The molecule has 1 saturated carbocycles. The Bertz CT molecular complexity index is 238. The van der Waals surface area contributed by atoms with Gasteiger partial charge in [-0.3, -0.25) is 0 Å². The monoisotopic (exact) mass is 225 g/mol. The van der Waals surface area contributed by atoms with Crippen molar-refractivity contribution in [1.82, 2.24) is 16.0 Å². The Hall–Kier alpha value is -0.770. The Kier molecular flexibility index (Phi) is 4.04. The van der Waals surface area contributed by atoms with Crippen molar-refractivity contribution in [3.63, 3.8) is 0 Å². The number of amides is 2. The summed E-state index contributed by atoms with van der Waals surface area (Å²) in [5.74, 6) is 0. The maximum absolute atomic E-state index is 11.8. The van der Waals surface area contributed by atoms with Gasteiger partial charge in [0.05, 0.1) is 0 Å². The van der Waals surface area contributed by atoms with Crippen LogP contribution in [0.3, 0.4) is 0 Å². The molecule has 1 heterocycles. The first kappa shape index (κ1) is 11.7. The van der Waals surface area contributed by atoms with Crippen LogP contribution < -0.4 is 16.0 Å². The van der Waals surface area contributed by atoms with Crippen LogP contribution in [0.4, 0.5) is 4.79 Å². The zero-order valence-corrected chi connectivity index (χ0v) is 10.1. The smallest absolute Gasteiger partial charge is 0.315 e. The number of carbonyl (C=O) groups is 1. The van der Waals surface area contributed by atoms with Gasteiger partial charge < -0.3 is 16.0 Å². The third-order valence-electron chi connectivity index (χ3n) is 3.77. The van der Waals surface area contributed by atoms with Crippen molar-refractivity contribution >= 4 is 6.03 Å². The van der Waals surface area contributed by atoms with Crippen LogP contribution in [0, 0.1) is 0 Å². The summed E-state index contributed by atoms with van der Waals surface area (Å²) >= 11 is 0. The largest absolute Gasteiger partial charge is 0.335 e. The van der Waals surface area contributed by atoms with Crippen LogP contribution in [0.5, 0.6) is 0 Å². The minimum atomic E-state index is 0.0208. The van der Waals surface area contributed by atoms with Gasteiger partial charge in [-0.25, -0.2) is 4.79 Å². The third kappa shape index (κ3) is 3.11. The molecule has 4 nitrogen and oxygen atoms in total. The Morgan fingerprint density at radius 3 is 2.56 bits per heavy atom. The van der Waals surface area contributed by atoms with Gasteiger partial charge in [-0.15, -0.1) is 0 Å². The van der Waals surface area contributed by atoms with E-state index in [2.05, 4.69) is 22.9 Å². The number of rotatable bonds is 2. The second kappa shape index (κ2) is 5.53. The topological polar surface area (TPSA) is 53.2 Å². The van der Waals surface area contributed by atoms with Crippen LogP contribution in [0.1, 0.15) is 45.4 Å². The van der Waals surface area contributed by atoms with Crippen molar-refractivity contribution in [1.29, 1.82) is 0 Å². The summed E-state index contributed by atoms with van der Waals surface area (Å²) in [5, 5.41) is 9.54. The van der Waals surface area contributed by atoms with E-state index in [4.69, 9.17) is 0 Å². The van der Waals surface area contributed by atoms with E-state index in [1.807, 2.05) is 0 Å². The first-order valence-corrected chi connectivity index (χ1v) is 6.56. The summed E-state index contributed by atoms with van der Waals surface area (Å²) in [5.41, 5.74) is 0. The van der Waals surface area contributed by atoms with Crippen molar-refractivity contribution in [2.45, 2.75) is 63.6 Å². The normalized spacial score (nSPS) is 31.3. The SMILES string of the molecule is CC1NCCCC1NC(=O)NC1CCCC1. The highest BCUT2D eigenvalue weighted by atomic mass is 16.2. The molecule has 2 unspecified atom stereocenters. The van der Waals surface area contributed by atoms with Crippen LogP contribution >= 0.6 is 0 Å². The van der Waals surface area contributed by atoms with Gasteiger partial charge in [-0.1, -0.05) is 12.8 Å². The third-order valence-corrected chi connectivity index (χ3v) is 3.77. The predicted molar refractivity (Wildman–Crippen MR) is 64.4 cm³/mol. The summed E-state index contributed by atoms with van der Waals surface area (Å²) in [6, 6.07) is 1.11. The molecule has 0 aromatic rings. The molecule has 1 aliphatic heterocycles. The average molecular weight is 225 g/mol. The molecule has 0 bridgehead atoms. The molecule has 16 heavy (non-hydrogen) atoms. The molecule has 0 spiro atoms. The van der Waals surface area contributed by atoms with Crippen LogP contribution in [-0.2, 0) is 0 Å². The van der Waals surface area contributed by atoms with Crippen LogP contribution in [0.2, 0.25) is 0 Å². The molecule has 0 radical (unpaired) electrons. The molecule has 0 aromatic heterocycles.